The lowest BCUT2D eigenvalue weighted by Gasteiger charge is -2.09. The molecule has 0 saturated carbocycles. The Balaban J connectivity index is 2.18. The van der Waals surface area contributed by atoms with Gasteiger partial charge in [-0.3, -0.25) is 4.79 Å². The highest BCUT2D eigenvalue weighted by Crippen LogP contribution is 2.03. The summed E-state index contributed by atoms with van der Waals surface area (Å²) in [5.74, 6) is -1.29. The van der Waals surface area contributed by atoms with Crippen molar-refractivity contribution in [2.75, 3.05) is 13.1 Å². The Labute approximate surface area is 99.1 Å². The molecule has 0 spiro atoms. The lowest BCUT2D eigenvalue weighted by atomic mass is 10.1. The second kappa shape index (κ2) is 6.98. The van der Waals surface area contributed by atoms with Crippen LogP contribution in [0.3, 0.4) is 0 Å². The summed E-state index contributed by atoms with van der Waals surface area (Å²) in [6, 6.07) is 6.30. The predicted octanol–water partition coefficient (Wildman–Crippen LogP) is 0.793. The largest absolute Gasteiger partial charge is 0.481 e. The van der Waals surface area contributed by atoms with Crippen molar-refractivity contribution in [3.05, 3.63) is 35.6 Å². The van der Waals surface area contributed by atoms with Crippen molar-refractivity contribution in [3.63, 3.8) is 0 Å². The fraction of sp³-hybridized carbons (Fsp3) is 0.417. The van der Waals surface area contributed by atoms with E-state index in [0.717, 1.165) is 5.56 Å². The minimum atomic E-state index is -1.02. The number of carboxylic acid groups (broad SMARTS) is 1. The molecule has 0 aliphatic heterocycles. The maximum Gasteiger partial charge on any atom is 0.306 e. The number of halogens is 1. The van der Waals surface area contributed by atoms with Gasteiger partial charge in [-0.25, -0.2) is 4.39 Å². The summed E-state index contributed by atoms with van der Waals surface area (Å²) in [6.07, 6.45) is -0.523. The minimum Gasteiger partial charge on any atom is -0.481 e. The van der Waals surface area contributed by atoms with Gasteiger partial charge in [-0.2, -0.15) is 0 Å². The Kier molecular flexibility index (Phi) is 5.59. The number of benzene rings is 1. The molecule has 5 heteroatoms. The van der Waals surface area contributed by atoms with Crippen LogP contribution in [0.25, 0.3) is 0 Å². The molecule has 0 radical (unpaired) electrons. The number of aliphatic carboxylic acids is 1. The Hall–Kier alpha value is -1.46. The highest BCUT2D eigenvalue weighted by molar-refractivity contribution is 5.67. The molecule has 0 aliphatic carbocycles. The van der Waals surface area contributed by atoms with Crippen LogP contribution in [0.1, 0.15) is 12.0 Å². The zero-order valence-electron chi connectivity index (χ0n) is 9.40. The van der Waals surface area contributed by atoms with Crippen LogP contribution < -0.4 is 5.32 Å². The van der Waals surface area contributed by atoms with Gasteiger partial charge in [0.25, 0.3) is 0 Å². The van der Waals surface area contributed by atoms with Crippen molar-refractivity contribution in [2.45, 2.75) is 18.9 Å². The first-order chi connectivity index (χ1) is 8.08. The molecule has 4 nitrogen and oxygen atoms in total. The van der Waals surface area contributed by atoms with E-state index in [2.05, 4.69) is 5.32 Å². The number of aliphatic hydroxyl groups is 1. The fourth-order valence-electron chi connectivity index (χ4n) is 1.47. The third kappa shape index (κ3) is 5.99. The Morgan fingerprint density at radius 2 is 2.24 bits per heavy atom. The van der Waals surface area contributed by atoms with E-state index in [0.29, 0.717) is 13.0 Å². The van der Waals surface area contributed by atoms with Gasteiger partial charge >= 0.3 is 5.97 Å². The summed E-state index contributed by atoms with van der Waals surface area (Å²) in [4.78, 5) is 10.3. The topological polar surface area (TPSA) is 69.6 Å². The first kappa shape index (κ1) is 13.6. The van der Waals surface area contributed by atoms with Gasteiger partial charge < -0.3 is 15.5 Å². The fourth-order valence-corrected chi connectivity index (χ4v) is 1.47. The van der Waals surface area contributed by atoms with Crippen LogP contribution in [0.5, 0.6) is 0 Å². The zero-order chi connectivity index (χ0) is 12.7. The molecule has 0 aliphatic rings. The molecule has 0 aromatic heterocycles. The van der Waals surface area contributed by atoms with E-state index in [4.69, 9.17) is 5.11 Å². The summed E-state index contributed by atoms with van der Waals surface area (Å²) in [5, 5.41) is 20.6. The van der Waals surface area contributed by atoms with E-state index in [1.807, 2.05) is 6.07 Å². The van der Waals surface area contributed by atoms with Crippen molar-refractivity contribution in [2.24, 2.45) is 0 Å². The molecule has 0 bridgehead atoms. The second-order valence-corrected chi connectivity index (χ2v) is 3.84. The van der Waals surface area contributed by atoms with Gasteiger partial charge in [0.15, 0.2) is 0 Å². The molecule has 0 heterocycles. The maximum atomic E-state index is 12.8. The molecular formula is C12H16FNO3. The number of hydrogen-bond acceptors (Lipinski definition) is 3. The number of nitrogens with one attached hydrogen (secondary N) is 1. The SMILES string of the molecule is O=C(O)CC(O)CNCCc1cccc(F)c1. The molecular weight excluding hydrogens is 225 g/mol. The zero-order valence-corrected chi connectivity index (χ0v) is 9.40. The van der Waals surface area contributed by atoms with Crippen molar-refractivity contribution in [1.82, 2.24) is 5.32 Å². The van der Waals surface area contributed by atoms with Crippen LogP contribution in [-0.2, 0) is 11.2 Å². The molecule has 1 unspecified atom stereocenters. The van der Waals surface area contributed by atoms with Gasteiger partial charge in [0, 0.05) is 6.54 Å². The smallest absolute Gasteiger partial charge is 0.306 e. The molecule has 3 N–H and O–H groups in total. The van der Waals surface area contributed by atoms with Gasteiger partial charge in [-0.1, -0.05) is 12.1 Å². The minimum absolute atomic E-state index is 0.224. The monoisotopic (exact) mass is 241 g/mol. The quantitative estimate of drug-likeness (QED) is 0.617. The van der Waals surface area contributed by atoms with Crippen molar-refractivity contribution in [1.29, 1.82) is 0 Å². The van der Waals surface area contributed by atoms with E-state index in [-0.39, 0.29) is 18.8 Å². The van der Waals surface area contributed by atoms with Gasteiger partial charge in [0.2, 0.25) is 0 Å². The van der Waals surface area contributed by atoms with E-state index < -0.39 is 12.1 Å². The number of aliphatic hydroxyl groups excluding tert-OH is 1. The van der Waals surface area contributed by atoms with E-state index in [9.17, 15) is 14.3 Å². The van der Waals surface area contributed by atoms with Crippen LogP contribution in [0.4, 0.5) is 4.39 Å². The molecule has 94 valence electrons. The Bertz CT molecular complexity index is 371. The number of hydrogen-bond donors (Lipinski definition) is 3. The molecule has 1 atom stereocenters. The first-order valence-corrected chi connectivity index (χ1v) is 5.43. The molecule has 0 fully saturated rings. The predicted molar refractivity (Wildman–Crippen MR) is 61.2 cm³/mol. The normalized spacial score (nSPS) is 12.4. The summed E-state index contributed by atoms with van der Waals surface area (Å²) in [5.41, 5.74) is 0.866. The van der Waals surface area contributed by atoms with Crippen LogP contribution in [0, 0.1) is 5.82 Å². The number of rotatable bonds is 7. The highest BCUT2D eigenvalue weighted by atomic mass is 19.1. The number of carbonyl (C=O) groups is 1. The van der Waals surface area contributed by atoms with Gasteiger partial charge in [0.05, 0.1) is 12.5 Å². The van der Waals surface area contributed by atoms with Crippen LogP contribution in [-0.4, -0.2) is 35.4 Å². The molecule has 1 aromatic rings. The average molecular weight is 241 g/mol. The van der Waals surface area contributed by atoms with Crippen molar-refractivity contribution in [3.8, 4) is 0 Å². The van der Waals surface area contributed by atoms with E-state index >= 15 is 0 Å². The summed E-state index contributed by atoms with van der Waals surface area (Å²) < 4.78 is 12.8. The van der Waals surface area contributed by atoms with Gasteiger partial charge in [-0.05, 0) is 30.7 Å². The second-order valence-electron chi connectivity index (χ2n) is 3.84. The van der Waals surface area contributed by atoms with Gasteiger partial charge in [-0.15, -0.1) is 0 Å². The van der Waals surface area contributed by atoms with Crippen molar-refractivity contribution >= 4 is 5.97 Å². The number of carboxylic acids is 1. The Morgan fingerprint density at radius 1 is 1.47 bits per heavy atom. The van der Waals surface area contributed by atoms with Gasteiger partial charge in [0.1, 0.15) is 5.82 Å². The summed E-state index contributed by atoms with van der Waals surface area (Å²) in [6.45, 7) is 0.793. The standard InChI is InChI=1S/C12H16FNO3/c13-10-3-1-2-9(6-10)4-5-14-8-11(15)7-12(16)17/h1-3,6,11,14-15H,4-5,7-8H2,(H,16,17). The first-order valence-electron chi connectivity index (χ1n) is 5.43. The van der Waals surface area contributed by atoms with Crippen LogP contribution >= 0.6 is 0 Å². The Morgan fingerprint density at radius 3 is 2.88 bits per heavy atom. The summed E-state index contributed by atoms with van der Waals surface area (Å²) in [7, 11) is 0. The molecule has 1 rings (SSSR count). The third-order valence-corrected chi connectivity index (χ3v) is 2.27. The lowest BCUT2D eigenvalue weighted by Crippen LogP contribution is -2.30. The van der Waals surface area contributed by atoms with Crippen molar-refractivity contribution < 1.29 is 19.4 Å². The summed E-state index contributed by atoms with van der Waals surface area (Å²) >= 11 is 0. The molecule has 0 saturated heterocycles. The van der Waals surface area contributed by atoms with E-state index in [1.165, 1.54) is 12.1 Å². The lowest BCUT2D eigenvalue weighted by molar-refractivity contribution is -0.139. The molecule has 1 aromatic carbocycles. The van der Waals surface area contributed by atoms with Crippen LogP contribution in [0.15, 0.2) is 24.3 Å². The third-order valence-electron chi connectivity index (χ3n) is 2.27. The highest BCUT2D eigenvalue weighted by Gasteiger charge is 2.08. The van der Waals surface area contributed by atoms with Crippen LogP contribution in [0.2, 0.25) is 0 Å². The molecule has 17 heavy (non-hydrogen) atoms. The molecule has 0 amide bonds. The maximum absolute atomic E-state index is 12.8. The van der Waals surface area contributed by atoms with E-state index in [1.54, 1.807) is 6.07 Å². The average Bonchev–Trinajstić information content (AvgIpc) is 2.23.